The van der Waals surface area contributed by atoms with Crippen molar-refractivity contribution in [3.8, 4) is 11.3 Å². The van der Waals surface area contributed by atoms with Gasteiger partial charge in [-0.2, -0.15) is 0 Å². The number of anilines is 1. The predicted octanol–water partition coefficient (Wildman–Crippen LogP) is 3.43. The highest BCUT2D eigenvalue weighted by molar-refractivity contribution is 7.14. The fraction of sp³-hybridized carbons (Fsp3) is 0.375. The van der Waals surface area contributed by atoms with Crippen LogP contribution in [0.25, 0.3) is 11.3 Å². The fourth-order valence-electron chi connectivity index (χ4n) is 1.89. The van der Waals surface area contributed by atoms with E-state index in [1.54, 1.807) is 0 Å². The second-order valence-corrected chi connectivity index (χ2v) is 6.16. The predicted molar refractivity (Wildman–Crippen MR) is 88.3 cm³/mol. The van der Waals surface area contributed by atoms with Crippen molar-refractivity contribution in [1.82, 2.24) is 4.98 Å². The number of rotatable bonds is 5. The number of hydrogen-bond donors (Lipinski definition) is 2. The van der Waals surface area contributed by atoms with Crippen LogP contribution in [0, 0.1) is 12.8 Å². The number of carbonyl (C=O) groups is 1. The number of nitrogens with zero attached hydrogens (tertiary/aromatic N) is 1. The minimum Gasteiger partial charge on any atom is -0.320 e. The van der Waals surface area contributed by atoms with Crippen molar-refractivity contribution in [2.75, 3.05) is 5.32 Å². The van der Waals surface area contributed by atoms with E-state index in [-0.39, 0.29) is 11.8 Å². The second kappa shape index (κ2) is 6.83. The van der Waals surface area contributed by atoms with E-state index in [0.29, 0.717) is 5.13 Å². The summed E-state index contributed by atoms with van der Waals surface area (Å²) in [6, 6.07) is 7.65. The fourth-order valence-corrected chi connectivity index (χ4v) is 2.61. The Morgan fingerprint density at radius 1 is 1.38 bits per heavy atom. The lowest BCUT2D eigenvalue weighted by molar-refractivity contribution is -0.118. The molecule has 2 unspecified atom stereocenters. The van der Waals surface area contributed by atoms with E-state index in [0.717, 1.165) is 17.7 Å². The maximum absolute atomic E-state index is 12.0. The molecule has 0 aliphatic carbocycles. The van der Waals surface area contributed by atoms with Crippen LogP contribution in [0.5, 0.6) is 0 Å². The van der Waals surface area contributed by atoms with Gasteiger partial charge in [-0.05, 0) is 12.8 Å². The molecule has 1 aromatic carbocycles. The summed E-state index contributed by atoms with van der Waals surface area (Å²) in [5.41, 5.74) is 9.04. The van der Waals surface area contributed by atoms with Crippen molar-refractivity contribution in [3.05, 3.63) is 35.2 Å². The average molecular weight is 303 g/mol. The zero-order valence-corrected chi connectivity index (χ0v) is 13.4. The maximum Gasteiger partial charge on any atom is 0.243 e. The first-order chi connectivity index (χ1) is 10.0. The minimum atomic E-state index is -0.498. The molecule has 0 saturated heterocycles. The highest BCUT2D eigenvalue weighted by atomic mass is 32.1. The molecule has 5 heteroatoms. The molecule has 4 nitrogen and oxygen atoms in total. The van der Waals surface area contributed by atoms with Gasteiger partial charge in [0.25, 0.3) is 0 Å². The molecule has 0 saturated carbocycles. The van der Waals surface area contributed by atoms with Gasteiger partial charge in [0, 0.05) is 10.9 Å². The summed E-state index contributed by atoms with van der Waals surface area (Å²) in [6.07, 6.45) is 0.876. The van der Waals surface area contributed by atoms with Crippen molar-refractivity contribution in [2.45, 2.75) is 33.2 Å². The van der Waals surface area contributed by atoms with Crippen LogP contribution in [0.3, 0.4) is 0 Å². The molecule has 0 spiro atoms. The zero-order valence-electron chi connectivity index (χ0n) is 12.6. The molecule has 0 aliphatic rings. The van der Waals surface area contributed by atoms with Crippen molar-refractivity contribution < 1.29 is 4.79 Å². The molecule has 2 rings (SSSR count). The number of amides is 1. The van der Waals surface area contributed by atoms with Gasteiger partial charge in [-0.25, -0.2) is 4.98 Å². The summed E-state index contributed by atoms with van der Waals surface area (Å²) in [5.74, 6) is -0.0179. The number of benzene rings is 1. The average Bonchev–Trinajstić information content (AvgIpc) is 2.94. The number of hydrogen-bond acceptors (Lipinski definition) is 4. The van der Waals surface area contributed by atoms with E-state index in [1.165, 1.54) is 16.9 Å². The maximum atomic E-state index is 12.0. The van der Waals surface area contributed by atoms with Crippen LogP contribution in [0.2, 0.25) is 0 Å². The Balaban J connectivity index is 2.06. The molecule has 1 heterocycles. The first kappa shape index (κ1) is 15.7. The number of carbonyl (C=O) groups excluding carboxylic acids is 1. The lowest BCUT2D eigenvalue weighted by Gasteiger charge is -2.16. The highest BCUT2D eigenvalue weighted by Gasteiger charge is 2.20. The largest absolute Gasteiger partial charge is 0.320 e. The Morgan fingerprint density at radius 3 is 2.67 bits per heavy atom. The van der Waals surface area contributed by atoms with Crippen LogP contribution in [0.4, 0.5) is 5.13 Å². The molecule has 0 bridgehead atoms. The van der Waals surface area contributed by atoms with Crippen molar-refractivity contribution in [3.63, 3.8) is 0 Å². The van der Waals surface area contributed by atoms with E-state index in [9.17, 15) is 4.79 Å². The molecule has 0 aliphatic heterocycles. The SMILES string of the molecule is CCC(C)C(N)C(=O)Nc1nc(-c2ccc(C)cc2)cs1. The standard InChI is InChI=1S/C16H21N3OS/c1-4-11(3)14(17)15(20)19-16-18-13(9-21-16)12-7-5-10(2)6-8-12/h5-9,11,14H,4,17H2,1-3H3,(H,18,19,20). The Morgan fingerprint density at radius 2 is 2.05 bits per heavy atom. The quantitative estimate of drug-likeness (QED) is 0.889. The summed E-state index contributed by atoms with van der Waals surface area (Å²) in [6.45, 7) is 6.05. The second-order valence-electron chi connectivity index (χ2n) is 5.30. The number of aryl methyl sites for hydroxylation is 1. The van der Waals surface area contributed by atoms with E-state index in [1.807, 2.05) is 50.4 Å². The highest BCUT2D eigenvalue weighted by Crippen LogP contribution is 2.25. The monoisotopic (exact) mass is 303 g/mol. The van der Waals surface area contributed by atoms with Crippen molar-refractivity contribution in [2.24, 2.45) is 11.7 Å². The molecule has 3 N–H and O–H groups in total. The van der Waals surface area contributed by atoms with Gasteiger partial charge in [0.05, 0.1) is 11.7 Å². The van der Waals surface area contributed by atoms with Crippen LogP contribution in [-0.4, -0.2) is 16.9 Å². The number of aromatic nitrogens is 1. The third-order valence-electron chi connectivity index (χ3n) is 3.64. The van der Waals surface area contributed by atoms with Crippen LogP contribution >= 0.6 is 11.3 Å². The van der Waals surface area contributed by atoms with Gasteiger partial charge in [0.15, 0.2) is 5.13 Å². The molecule has 112 valence electrons. The Bertz CT molecular complexity index is 606. The van der Waals surface area contributed by atoms with Gasteiger partial charge in [0.1, 0.15) is 0 Å². The minimum absolute atomic E-state index is 0.154. The van der Waals surface area contributed by atoms with Crippen LogP contribution in [0.1, 0.15) is 25.8 Å². The number of nitrogens with one attached hydrogen (secondary N) is 1. The molecular weight excluding hydrogens is 282 g/mol. The lowest BCUT2D eigenvalue weighted by Crippen LogP contribution is -2.40. The Hall–Kier alpha value is -1.72. The molecule has 2 atom stereocenters. The van der Waals surface area contributed by atoms with Gasteiger partial charge in [0.2, 0.25) is 5.91 Å². The third kappa shape index (κ3) is 3.89. The molecule has 1 amide bonds. The van der Waals surface area contributed by atoms with E-state index >= 15 is 0 Å². The number of thiazole rings is 1. The lowest BCUT2D eigenvalue weighted by atomic mass is 10.00. The van der Waals surface area contributed by atoms with E-state index in [4.69, 9.17) is 5.73 Å². The molecule has 0 fully saturated rings. The molecule has 0 radical (unpaired) electrons. The van der Waals surface area contributed by atoms with Gasteiger partial charge < -0.3 is 11.1 Å². The van der Waals surface area contributed by atoms with Gasteiger partial charge >= 0.3 is 0 Å². The summed E-state index contributed by atoms with van der Waals surface area (Å²) in [4.78, 5) is 16.5. The van der Waals surface area contributed by atoms with Crippen molar-refractivity contribution in [1.29, 1.82) is 0 Å². The summed E-state index contributed by atoms with van der Waals surface area (Å²) in [5, 5.41) is 5.33. The van der Waals surface area contributed by atoms with Crippen LogP contribution in [-0.2, 0) is 4.79 Å². The number of nitrogens with two attached hydrogens (primary N) is 1. The van der Waals surface area contributed by atoms with Gasteiger partial charge in [-0.1, -0.05) is 50.1 Å². The molecular formula is C16H21N3OS. The normalized spacial score (nSPS) is 13.7. The van der Waals surface area contributed by atoms with E-state index < -0.39 is 6.04 Å². The smallest absolute Gasteiger partial charge is 0.243 e. The van der Waals surface area contributed by atoms with E-state index in [2.05, 4.69) is 10.3 Å². The Labute approximate surface area is 129 Å². The Kier molecular flexibility index (Phi) is 5.09. The molecule has 2 aromatic rings. The summed E-state index contributed by atoms with van der Waals surface area (Å²) < 4.78 is 0. The van der Waals surface area contributed by atoms with Crippen LogP contribution < -0.4 is 11.1 Å². The topological polar surface area (TPSA) is 68.0 Å². The van der Waals surface area contributed by atoms with Crippen LogP contribution in [0.15, 0.2) is 29.6 Å². The molecule has 1 aromatic heterocycles. The first-order valence-electron chi connectivity index (χ1n) is 7.10. The summed E-state index contributed by atoms with van der Waals surface area (Å²) >= 11 is 1.42. The van der Waals surface area contributed by atoms with Gasteiger partial charge in [-0.15, -0.1) is 11.3 Å². The van der Waals surface area contributed by atoms with Gasteiger partial charge in [-0.3, -0.25) is 4.79 Å². The molecule has 21 heavy (non-hydrogen) atoms. The first-order valence-corrected chi connectivity index (χ1v) is 7.98. The zero-order chi connectivity index (χ0) is 15.4. The van der Waals surface area contributed by atoms with Crippen molar-refractivity contribution >= 4 is 22.4 Å². The summed E-state index contributed by atoms with van der Waals surface area (Å²) in [7, 11) is 0. The third-order valence-corrected chi connectivity index (χ3v) is 4.40.